The summed E-state index contributed by atoms with van der Waals surface area (Å²) in [7, 11) is -1.66. The van der Waals surface area contributed by atoms with Crippen molar-refractivity contribution in [3.05, 3.63) is 57.5 Å². The molecule has 2 aromatic rings. The van der Waals surface area contributed by atoms with Crippen molar-refractivity contribution in [2.75, 3.05) is 5.32 Å². The summed E-state index contributed by atoms with van der Waals surface area (Å²) in [6.07, 6.45) is 0. The van der Waals surface area contributed by atoms with E-state index in [0.29, 0.717) is 11.3 Å². The molecule has 0 unspecified atom stereocenters. The van der Waals surface area contributed by atoms with Crippen LogP contribution in [0.1, 0.15) is 10.4 Å². The van der Waals surface area contributed by atoms with Crippen molar-refractivity contribution in [2.24, 2.45) is 0 Å². The molecular weight excluding hydrogens is 344 g/mol. The van der Waals surface area contributed by atoms with Crippen LogP contribution >= 0.6 is 27.5 Å². The predicted octanol–water partition coefficient (Wildman–Crippen LogP) is 2.03. The largest absolute Gasteiger partial charge is 0.489 e. The lowest BCUT2D eigenvalue weighted by molar-refractivity contribution is 0.102. The van der Waals surface area contributed by atoms with Crippen LogP contribution in [0.25, 0.3) is 0 Å². The van der Waals surface area contributed by atoms with E-state index in [1.54, 1.807) is 18.2 Å². The maximum Gasteiger partial charge on any atom is 0.489 e. The zero-order valence-corrected chi connectivity index (χ0v) is 12.5. The van der Waals surface area contributed by atoms with Crippen molar-refractivity contribution >= 4 is 51.7 Å². The minimum atomic E-state index is -1.66. The van der Waals surface area contributed by atoms with E-state index in [2.05, 4.69) is 21.2 Å². The SMILES string of the molecule is O=C(Nc1cccc(Br)c1)c1ccc(B(O)O)c(Cl)c1. The summed E-state index contributed by atoms with van der Waals surface area (Å²) in [6, 6.07) is 11.5. The molecule has 20 heavy (non-hydrogen) atoms. The summed E-state index contributed by atoms with van der Waals surface area (Å²) in [6.45, 7) is 0. The fraction of sp³-hybridized carbons (Fsp3) is 0. The molecule has 0 saturated heterocycles. The van der Waals surface area contributed by atoms with Crippen LogP contribution in [-0.4, -0.2) is 23.1 Å². The number of halogens is 2. The number of carbonyl (C=O) groups excluding carboxylic acids is 1. The number of nitrogens with one attached hydrogen (secondary N) is 1. The molecule has 0 fully saturated rings. The Morgan fingerprint density at radius 2 is 1.95 bits per heavy atom. The first-order chi connectivity index (χ1) is 9.47. The lowest BCUT2D eigenvalue weighted by atomic mass is 9.80. The Bertz CT molecular complexity index is 651. The molecule has 0 aliphatic rings. The molecule has 2 aromatic carbocycles. The standard InChI is InChI=1S/C13H10BBrClNO3/c15-9-2-1-3-10(7-9)17-13(18)8-4-5-11(14(19)20)12(16)6-8/h1-7,19-20H,(H,17,18). The minimum absolute atomic E-state index is 0.127. The molecular formula is C13H10BBrClNO3. The van der Waals surface area contributed by atoms with E-state index in [0.717, 1.165) is 4.47 Å². The van der Waals surface area contributed by atoms with Crippen LogP contribution in [0, 0.1) is 0 Å². The van der Waals surface area contributed by atoms with Gasteiger partial charge in [0, 0.05) is 26.2 Å². The molecule has 0 radical (unpaired) electrons. The fourth-order valence-corrected chi connectivity index (χ4v) is 2.32. The predicted molar refractivity (Wildman–Crippen MR) is 83.4 cm³/mol. The number of hydrogen-bond acceptors (Lipinski definition) is 3. The molecule has 0 aromatic heterocycles. The maximum absolute atomic E-state index is 12.0. The zero-order chi connectivity index (χ0) is 14.7. The molecule has 0 spiro atoms. The molecule has 0 aliphatic heterocycles. The molecule has 7 heteroatoms. The highest BCUT2D eigenvalue weighted by Gasteiger charge is 2.17. The Balaban J connectivity index is 2.19. The first-order valence-corrected chi connectivity index (χ1v) is 6.87. The van der Waals surface area contributed by atoms with Crippen molar-refractivity contribution in [1.29, 1.82) is 0 Å². The van der Waals surface area contributed by atoms with E-state index in [1.807, 2.05) is 6.07 Å². The molecule has 102 valence electrons. The molecule has 0 bridgehead atoms. The summed E-state index contributed by atoms with van der Waals surface area (Å²) in [4.78, 5) is 12.0. The van der Waals surface area contributed by atoms with E-state index in [4.69, 9.17) is 21.6 Å². The quantitative estimate of drug-likeness (QED) is 0.739. The van der Waals surface area contributed by atoms with E-state index < -0.39 is 7.12 Å². The highest BCUT2D eigenvalue weighted by atomic mass is 79.9. The van der Waals surface area contributed by atoms with Crippen LogP contribution in [0.3, 0.4) is 0 Å². The van der Waals surface area contributed by atoms with Crippen molar-refractivity contribution in [2.45, 2.75) is 0 Å². The second-order valence-electron chi connectivity index (χ2n) is 4.07. The third kappa shape index (κ3) is 3.61. The van der Waals surface area contributed by atoms with Gasteiger partial charge < -0.3 is 15.4 Å². The molecule has 0 aliphatic carbocycles. The van der Waals surface area contributed by atoms with Crippen molar-refractivity contribution in [1.82, 2.24) is 0 Å². The fourth-order valence-electron chi connectivity index (χ4n) is 1.65. The second kappa shape index (κ2) is 6.41. The summed E-state index contributed by atoms with van der Waals surface area (Å²) < 4.78 is 0.854. The number of hydrogen-bond donors (Lipinski definition) is 3. The van der Waals surface area contributed by atoms with Crippen LogP contribution in [-0.2, 0) is 0 Å². The summed E-state index contributed by atoms with van der Waals surface area (Å²) >= 11 is 9.21. The van der Waals surface area contributed by atoms with Crippen LogP contribution in [0.15, 0.2) is 46.9 Å². The van der Waals surface area contributed by atoms with Crippen LogP contribution in [0.2, 0.25) is 5.02 Å². The van der Waals surface area contributed by atoms with E-state index in [9.17, 15) is 4.79 Å². The molecule has 3 N–H and O–H groups in total. The molecule has 0 heterocycles. The minimum Gasteiger partial charge on any atom is -0.423 e. The van der Waals surface area contributed by atoms with Crippen LogP contribution in [0.5, 0.6) is 0 Å². The Labute approximate surface area is 129 Å². The molecule has 1 amide bonds. The van der Waals surface area contributed by atoms with Crippen molar-refractivity contribution in [3.8, 4) is 0 Å². The summed E-state index contributed by atoms with van der Waals surface area (Å²) in [5.41, 5.74) is 1.14. The van der Waals surface area contributed by atoms with Gasteiger partial charge in [-0.1, -0.05) is 39.7 Å². The van der Waals surface area contributed by atoms with Gasteiger partial charge >= 0.3 is 7.12 Å². The average molecular weight is 354 g/mol. The average Bonchev–Trinajstić information content (AvgIpc) is 2.38. The third-order valence-electron chi connectivity index (χ3n) is 2.62. The Hall–Kier alpha value is -1.34. The number of rotatable bonds is 3. The summed E-state index contributed by atoms with van der Waals surface area (Å²) in [5.74, 6) is -0.330. The van der Waals surface area contributed by atoms with Gasteiger partial charge in [-0.25, -0.2) is 0 Å². The van der Waals surface area contributed by atoms with Gasteiger partial charge in [0.15, 0.2) is 0 Å². The second-order valence-corrected chi connectivity index (χ2v) is 5.40. The molecule has 2 rings (SSSR count). The smallest absolute Gasteiger partial charge is 0.423 e. The van der Waals surface area contributed by atoms with Crippen LogP contribution < -0.4 is 10.8 Å². The highest BCUT2D eigenvalue weighted by molar-refractivity contribution is 9.10. The Kier molecular flexibility index (Phi) is 4.83. The van der Waals surface area contributed by atoms with Gasteiger partial charge in [-0.2, -0.15) is 0 Å². The van der Waals surface area contributed by atoms with Gasteiger partial charge in [-0.3, -0.25) is 4.79 Å². The van der Waals surface area contributed by atoms with Gasteiger partial charge in [0.1, 0.15) is 0 Å². The van der Waals surface area contributed by atoms with Crippen molar-refractivity contribution < 1.29 is 14.8 Å². The van der Waals surface area contributed by atoms with Crippen LogP contribution in [0.4, 0.5) is 5.69 Å². The molecule has 4 nitrogen and oxygen atoms in total. The first kappa shape index (κ1) is 15.1. The van der Waals surface area contributed by atoms with Crippen molar-refractivity contribution in [3.63, 3.8) is 0 Å². The van der Waals surface area contributed by atoms with Gasteiger partial charge in [-0.05, 0) is 30.3 Å². The molecule has 0 atom stereocenters. The van der Waals surface area contributed by atoms with Gasteiger partial charge in [-0.15, -0.1) is 0 Å². The molecule has 0 saturated carbocycles. The monoisotopic (exact) mass is 353 g/mol. The van der Waals surface area contributed by atoms with E-state index >= 15 is 0 Å². The lowest BCUT2D eigenvalue weighted by Crippen LogP contribution is -2.31. The third-order valence-corrected chi connectivity index (χ3v) is 3.44. The van der Waals surface area contributed by atoms with E-state index in [-0.39, 0.29) is 16.4 Å². The zero-order valence-electron chi connectivity index (χ0n) is 10.2. The summed E-state index contributed by atoms with van der Waals surface area (Å²) in [5, 5.41) is 21.0. The highest BCUT2D eigenvalue weighted by Crippen LogP contribution is 2.17. The van der Waals surface area contributed by atoms with E-state index in [1.165, 1.54) is 18.2 Å². The topological polar surface area (TPSA) is 69.6 Å². The van der Waals surface area contributed by atoms with Gasteiger partial charge in [0.05, 0.1) is 0 Å². The number of carbonyl (C=O) groups is 1. The first-order valence-electron chi connectivity index (χ1n) is 5.70. The Morgan fingerprint density at radius 3 is 2.55 bits per heavy atom. The van der Waals surface area contributed by atoms with Gasteiger partial charge in [0.25, 0.3) is 5.91 Å². The lowest BCUT2D eigenvalue weighted by Gasteiger charge is -2.08. The van der Waals surface area contributed by atoms with Gasteiger partial charge in [0.2, 0.25) is 0 Å². The maximum atomic E-state index is 12.0. The number of benzene rings is 2. The number of anilines is 1. The normalized spacial score (nSPS) is 10.2. The number of amides is 1. The Morgan fingerprint density at radius 1 is 1.20 bits per heavy atom.